The second-order valence-electron chi connectivity index (χ2n) is 4.01. The Bertz CT molecular complexity index is 345. The maximum atomic E-state index is 10.8. The van der Waals surface area contributed by atoms with Crippen molar-refractivity contribution in [2.45, 2.75) is 26.4 Å². The van der Waals surface area contributed by atoms with Crippen molar-refractivity contribution in [1.29, 1.82) is 0 Å². The molecule has 0 aromatic rings. The standard InChI is InChI=1S/C9H14O7.3H3N/c1-4(5(10)11)9(16,7(14)15)8(2,3)6(12)13;;;/h4,16H,1-3H3,(H,10,11)(H,12,13)(H,14,15);3*1H3. The molecular formula is C9H23N3O7. The number of carbonyl (C=O) groups excluding carboxylic acids is 3. The van der Waals surface area contributed by atoms with Gasteiger partial charge in [-0.1, -0.05) is 20.8 Å². The molecule has 0 spiro atoms. The monoisotopic (exact) mass is 285 g/mol. The first kappa shape index (κ1) is 25.9. The summed E-state index contributed by atoms with van der Waals surface area (Å²) in [5, 5.41) is 41.8. The fourth-order valence-electron chi connectivity index (χ4n) is 1.30. The lowest BCUT2D eigenvalue weighted by atomic mass is 9.68. The van der Waals surface area contributed by atoms with Crippen molar-refractivity contribution in [3.05, 3.63) is 0 Å². The van der Waals surface area contributed by atoms with Crippen LogP contribution in [-0.4, -0.2) is 28.6 Å². The first-order valence-corrected chi connectivity index (χ1v) is 4.35. The van der Waals surface area contributed by atoms with Gasteiger partial charge in [0, 0.05) is 17.3 Å². The minimum absolute atomic E-state index is 0. The van der Waals surface area contributed by atoms with Crippen molar-refractivity contribution in [1.82, 2.24) is 18.5 Å². The van der Waals surface area contributed by atoms with Crippen molar-refractivity contribution >= 4 is 17.9 Å². The molecule has 0 aliphatic heterocycles. The van der Waals surface area contributed by atoms with Crippen molar-refractivity contribution < 1.29 is 34.8 Å². The van der Waals surface area contributed by atoms with Crippen LogP contribution in [0.3, 0.4) is 0 Å². The first-order chi connectivity index (χ1) is 6.99. The molecular weight excluding hydrogens is 262 g/mol. The fraction of sp³-hybridized carbons (Fsp3) is 0.667. The summed E-state index contributed by atoms with van der Waals surface area (Å²) in [4.78, 5) is 32.0. The Morgan fingerprint density at radius 3 is 1.42 bits per heavy atom. The molecule has 0 fully saturated rings. The van der Waals surface area contributed by atoms with E-state index in [0.29, 0.717) is 0 Å². The van der Waals surface area contributed by atoms with E-state index in [0.717, 1.165) is 20.8 Å². The SMILES string of the molecule is CC(C(=O)[O-])C(O)(C(=O)[O-])C(C)(C)C(=O)[O-].[NH4+].[NH4+].[NH4+]. The molecule has 0 bridgehead atoms. The average Bonchev–Trinajstić information content (AvgIpc) is 2.14. The summed E-state index contributed by atoms with van der Waals surface area (Å²) in [7, 11) is 0. The molecule has 0 aromatic carbocycles. The highest BCUT2D eigenvalue weighted by atomic mass is 16.4. The summed E-state index contributed by atoms with van der Waals surface area (Å²) in [6, 6.07) is 0. The summed E-state index contributed by atoms with van der Waals surface area (Å²) in [6.07, 6.45) is 0. The van der Waals surface area contributed by atoms with Crippen LogP contribution in [0, 0.1) is 11.3 Å². The van der Waals surface area contributed by atoms with Crippen molar-refractivity contribution in [3.63, 3.8) is 0 Å². The van der Waals surface area contributed by atoms with Crippen LogP contribution in [0.1, 0.15) is 20.8 Å². The van der Waals surface area contributed by atoms with Gasteiger partial charge < -0.3 is 53.3 Å². The minimum atomic E-state index is -3.12. The Morgan fingerprint density at radius 1 is 0.947 bits per heavy atom. The quantitative estimate of drug-likeness (QED) is 0.400. The van der Waals surface area contributed by atoms with Crippen molar-refractivity contribution in [3.8, 4) is 0 Å². The largest absolute Gasteiger partial charge is 0.550 e. The van der Waals surface area contributed by atoms with Crippen LogP contribution in [0.5, 0.6) is 0 Å². The lowest BCUT2D eigenvalue weighted by molar-refractivity contribution is -0.360. The number of hydrogen-bond acceptors (Lipinski definition) is 7. The number of aliphatic carboxylic acids is 3. The van der Waals surface area contributed by atoms with Gasteiger partial charge in [0.15, 0.2) is 0 Å². The predicted molar refractivity (Wildman–Crippen MR) is 60.9 cm³/mol. The van der Waals surface area contributed by atoms with Crippen LogP contribution >= 0.6 is 0 Å². The third kappa shape index (κ3) is 3.86. The Labute approximate surface area is 110 Å². The number of rotatable bonds is 5. The zero-order valence-corrected chi connectivity index (χ0v) is 12.0. The molecule has 0 aliphatic carbocycles. The molecule has 0 amide bonds. The summed E-state index contributed by atoms with van der Waals surface area (Å²) in [5.41, 5.74) is -5.46. The Morgan fingerprint density at radius 2 is 1.26 bits per heavy atom. The van der Waals surface area contributed by atoms with Crippen LogP contribution in [0.15, 0.2) is 0 Å². The van der Waals surface area contributed by atoms with Gasteiger partial charge in [0.05, 0.1) is 11.9 Å². The molecule has 0 radical (unpaired) electrons. The highest BCUT2D eigenvalue weighted by Gasteiger charge is 2.50. The van der Waals surface area contributed by atoms with E-state index in [1.165, 1.54) is 0 Å². The van der Waals surface area contributed by atoms with Gasteiger partial charge in [0.25, 0.3) is 0 Å². The molecule has 2 atom stereocenters. The van der Waals surface area contributed by atoms with Gasteiger partial charge in [-0.2, -0.15) is 0 Å². The van der Waals surface area contributed by atoms with Gasteiger partial charge in [-0.05, 0) is 0 Å². The second-order valence-corrected chi connectivity index (χ2v) is 4.01. The van der Waals surface area contributed by atoms with Crippen LogP contribution in [0.2, 0.25) is 0 Å². The van der Waals surface area contributed by atoms with Crippen LogP contribution < -0.4 is 33.8 Å². The highest BCUT2D eigenvalue weighted by molar-refractivity contribution is 5.90. The van der Waals surface area contributed by atoms with Crippen molar-refractivity contribution in [2.24, 2.45) is 11.3 Å². The van der Waals surface area contributed by atoms with Gasteiger partial charge in [-0.3, -0.25) is 0 Å². The van der Waals surface area contributed by atoms with E-state index < -0.39 is 34.8 Å². The van der Waals surface area contributed by atoms with E-state index in [2.05, 4.69) is 0 Å². The predicted octanol–water partition coefficient (Wildman–Crippen LogP) is -3.24. The molecule has 10 nitrogen and oxygen atoms in total. The van der Waals surface area contributed by atoms with E-state index in [1.807, 2.05) is 0 Å². The molecule has 19 heavy (non-hydrogen) atoms. The molecule has 13 N–H and O–H groups in total. The van der Waals surface area contributed by atoms with Gasteiger partial charge in [0.1, 0.15) is 5.60 Å². The van der Waals surface area contributed by atoms with Gasteiger partial charge in [-0.25, -0.2) is 0 Å². The van der Waals surface area contributed by atoms with E-state index in [1.54, 1.807) is 0 Å². The molecule has 0 aliphatic rings. The number of hydrogen-bond donors (Lipinski definition) is 4. The zero-order valence-electron chi connectivity index (χ0n) is 12.0. The molecule has 0 aromatic heterocycles. The van der Waals surface area contributed by atoms with Gasteiger partial charge >= 0.3 is 0 Å². The maximum Gasteiger partial charge on any atom is 0.122 e. The van der Waals surface area contributed by atoms with Crippen LogP contribution in [0.25, 0.3) is 0 Å². The highest BCUT2D eigenvalue weighted by Crippen LogP contribution is 2.36. The van der Waals surface area contributed by atoms with Crippen molar-refractivity contribution in [2.75, 3.05) is 0 Å². The third-order valence-corrected chi connectivity index (χ3v) is 2.75. The number of carboxylic acids is 3. The van der Waals surface area contributed by atoms with E-state index in [-0.39, 0.29) is 18.5 Å². The average molecular weight is 285 g/mol. The fourth-order valence-corrected chi connectivity index (χ4v) is 1.30. The molecule has 2 unspecified atom stereocenters. The lowest BCUT2D eigenvalue weighted by Gasteiger charge is -2.47. The smallest absolute Gasteiger partial charge is 0.122 e. The first-order valence-electron chi connectivity index (χ1n) is 4.35. The maximum absolute atomic E-state index is 10.8. The zero-order chi connectivity index (χ0) is 13.3. The molecule has 0 saturated heterocycles. The Balaban J connectivity index is -0.000000375. The summed E-state index contributed by atoms with van der Waals surface area (Å²) >= 11 is 0. The third-order valence-electron chi connectivity index (χ3n) is 2.75. The normalized spacial score (nSPS) is 14.5. The van der Waals surface area contributed by atoms with E-state index >= 15 is 0 Å². The van der Waals surface area contributed by atoms with Gasteiger partial charge in [-0.15, -0.1) is 0 Å². The molecule has 0 rings (SSSR count). The minimum Gasteiger partial charge on any atom is -0.550 e. The lowest BCUT2D eigenvalue weighted by Crippen LogP contribution is -2.68. The summed E-state index contributed by atoms with van der Waals surface area (Å²) in [5.74, 6) is -7.99. The van der Waals surface area contributed by atoms with Gasteiger partial charge in [0.2, 0.25) is 0 Å². The number of quaternary nitrogens is 3. The second kappa shape index (κ2) is 7.63. The van der Waals surface area contributed by atoms with Crippen LogP contribution in [0.4, 0.5) is 0 Å². The Hall–Kier alpha value is -1.75. The molecule has 0 saturated carbocycles. The van der Waals surface area contributed by atoms with E-state index in [9.17, 15) is 34.8 Å². The molecule has 116 valence electrons. The topological polar surface area (TPSA) is 250 Å². The number of carboxylic acid groups (broad SMARTS) is 3. The van der Waals surface area contributed by atoms with E-state index in [4.69, 9.17) is 0 Å². The molecule has 10 heteroatoms. The van der Waals surface area contributed by atoms with Crippen LogP contribution in [-0.2, 0) is 14.4 Å². The number of carbonyl (C=O) groups is 3. The Kier molecular flexibility index (Phi) is 10.4. The molecule has 0 heterocycles. The summed E-state index contributed by atoms with van der Waals surface area (Å²) < 4.78 is 0. The summed E-state index contributed by atoms with van der Waals surface area (Å²) in [6.45, 7) is 2.48. The number of aliphatic hydroxyl groups is 1.